The van der Waals surface area contributed by atoms with E-state index in [4.69, 9.17) is 22.8 Å². The monoisotopic (exact) mass is 690 g/mol. The lowest BCUT2D eigenvalue weighted by atomic mass is 10.0. The number of sulfone groups is 2. The van der Waals surface area contributed by atoms with E-state index in [1.807, 2.05) is 6.07 Å². The quantitative estimate of drug-likeness (QED) is 0.312. The zero-order valence-corrected chi connectivity index (χ0v) is 27.0. The number of phenolic OH excluding ortho intramolecular Hbond substituents is 1. The molecule has 14 heteroatoms. The van der Waals surface area contributed by atoms with Gasteiger partial charge in [-0.15, -0.1) is 12.8 Å². The van der Waals surface area contributed by atoms with Gasteiger partial charge in [-0.05, 0) is 48.5 Å². The second kappa shape index (κ2) is 12.9. The second-order valence-electron chi connectivity index (χ2n) is 10.4. The third-order valence-electron chi connectivity index (χ3n) is 7.52. The van der Waals surface area contributed by atoms with Crippen LogP contribution in [-0.2, 0) is 19.7 Å². The Morgan fingerprint density at radius 2 is 1.12 bits per heavy atom. The number of rotatable bonds is 3. The van der Waals surface area contributed by atoms with Crippen LogP contribution < -0.4 is 14.5 Å². The lowest BCUT2D eigenvalue weighted by Crippen LogP contribution is -2.30. The summed E-state index contributed by atoms with van der Waals surface area (Å²) in [5, 5.41) is 28.1. The van der Waals surface area contributed by atoms with E-state index in [1.54, 1.807) is 36.4 Å². The highest BCUT2D eigenvalue weighted by Gasteiger charge is 2.37. The van der Waals surface area contributed by atoms with E-state index in [0.717, 1.165) is 9.80 Å². The van der Waals surface area contributed by atoms with Crippen LogP contribution in [-0.4, -0.2) is 52.6 Å². The predicted octanol–water partition coefficient (Wildman–Crippen LogP) is 3.58. The molecule has 0 bridgehead atoms. The summed E-state index contributed by atoms with van der Waals surface area (Å²) in [5.74, 6) is 2.29. The van der Waals surface area contributed by atoms with Gasteiger partial charge in [-0.1, -0.05) is 36.1 Å². The average Bonchev–Trinajstić information content (AvgIpc) is 3.55. The molecule has 4 aromatic carbocycles. The van der Waals surface area contributed by atoms with E-state index in [1.165, 1.54) is 49.6 Å². The SMILES string of the molecule is C#Cc1cc(C(=O)N2CS(=O)(=O)c3ccccc32)cc(C#N)c1O.C#Cc1cc(C(=O)N2CS(=O)(=O)c3ccccc32)cc(C#N)c1OC. The molecular weight excluding hydrogens is 669 g/mol. The molecule has 2 aliphatic heterocycles. The van der Waals surface area contributed by atoms with Gasteiger partial charge in [-0.25, -0.2) is 16.8 Å². The molecule has 0 saturated heterocycles. The van der Waals surface area contributed by atoms with Gasteiger partial charge in [0.25, 0.3) is 11.8 Å². The molecule has 0 fully saturated rings. The number of hydrogen-bond donors (Lipinski definition) is 1. The van der Waals surface area contributed by atoms with Gasteiger partial charge in [0.1, 0.15) is 29.6 Å². The minimum Gasteiger partial charge on any atom is -0.505 e. The first kappa shape index (κ1) is 33.8. The number of amides is 2. The summed E-state index contributed by atoms with van der Waals surface area (Å²) < 4.78 is 54.0. The molecule has 1 N–H and O–H groups in total. The zero-order chi connectivity index (χ0) is 35.7. The third kappa shape index (κ3) is 6.02. The van der Waals surface area contributed by atoms with E-state index in [0.29, 0.717) is 5.69 Å². The number of hydrogen-bond acceptors (Lipinski definition) is 10. The fraction of sp³-hybridized carbons (Fsp3) is 0.0857. The van der Waals surface area contributed by atoms with Crippen LogP contribution >= 0.6 is 0 Å². The molecule has 12 nitrogen and oxygen atoms in total. The van der Waals surface area contributed by atoms with Gasteiger partial charge in [0, 0.05) is 11.1 Å². The van der Waals surface area contributed by atoms with Crippen molar-refractivity contribution in [2.75, 3.05) is 28.7 Å². The number of nitriles is 2. The molecule has 0 unspecified atom stereocenters. The number of carbonyl (C=O) groups is 2. The molecule has 0 aromatic heterocycles. The number of aromatic hydroxyl groups is 1. The summed E-state index contributed by atoms with van der Waals surface area (Å²) in [5.41, 5.74) is 0.940. The first-order valence-corrected chi connectivity index (χ1v) is 17.2. The molecule has 0 aliphatic carbocycles. The molecule has 0 spiro atoms. The highest BCUT2D eigenvalue weighted by atomic mass is 32.2. The summed E-state index contributed by atoms with van der Waals surface area (Å²) in [6, 6.07) is 21.3. The maximum absolute atomic E-state index is 12.9. The summed E-state index contributed by atoms with van der Waals surface area (Å²) in [7, 11) is -5.80. The number of ether oxygens (including phenoxy) is 1. The molecule has 2 amide bonds. The summed E-state index contributed by atoms with van der Waals surface area (Å²) >= 11 is 0. The molecule has 6 rings (SSSR count). The molecule has 49 heavy (non-hydrogen) atoms. The molecule has 2 aliphatic rings. The number of phenols is 1. The summed E-state index contributed by atoms with van der Waals surface area (Å²) in [6.45, 7) is 0. The number of fused-ring (bicyclic) bond motifs is 2. The molecule has 0 radical (unpaired) electrons. The maximum atomic E-state index is 12.9. The lowest BCUT2D eigenvalue weighted by Gasteiger charge is -2.17. The van der Waals surface area contributed by atoms with Crippen LogP contribution in [0.1, 0.15) is 43.0 Å². The van der Waals surface area contributed by atoms with Crippen molar-refractivity contribution < 1.29 is 36.3 Å². The van der Waals surface area contributed by atoms with Gasteiger partial charge in [0.2, 0.25) is 0 Å². The Morgan fingerprint density at radius 1 is 0.714 bits per heavy atom. The topological polar surface area (TPSA) is 186 Å². The van der Waals surface area contributed by atoms with Crippen molar-refractivity contribution in [3.05, 3.63) is 106 Å². The van der Waals surface area contributed by atoms with Crippen molar-refractivity contribution in [2.24, 2.45) is 0 Å². The Hall–Kier alpha value is -6.58. The van der Waals surface area contributed by atoms with Crippen LogP contribution in [0.2, 0.25) is 0 Å². The summed E-state index contributed by atoms with van der Waals surface area (Å²) in [6.07, 6.45) is 10.7. The third-order valence-corrected chi connectivity index (χ3v) is 10.7. The van der Waals surface area contributed by atoms with Crippen molar-refractivity contribution in [3.8, 4) is 48.3 Å². The fourth-order valence-corrected chi connectivity index (χ4v) is 8.30. The fourth-order valence-electron chi connectivity index (χ4n) is 5.27. The van der Waals surface area contributed by atoms with Crippen molar-refractivity contribution in [1.29, 1.82) is 10.5 Å². The van der Waals surface area contributed by atoms with Crippen LogP contribution in [0.5, 0.6) is 11.5 Å². The normalized spacial score (nSPS) is 14.4. The Balaban J connectivity index is 0.000000191. The minimum atomic E-state index is -3.60. The first-order valence-electron chi connectivity index (χ1n) is 13.9. The highest BCUT2D eigenvalue weighted by molar-refractivity contribution is 7.92. The number of nitrogens with zero attached hydrogens (tertiary/aromatic N) is 4. The van der Waals surface area contributed by atoms with Crippen LogP contribution in [0.3, 0.4) is 0 Å². The Morgan fingerprint density at radius 3 is 1.55 bits per heavy atom. The van der Waals surface area contributed by atoms with Crippen LogP contribution in [0.4, 0.5) is 11.4 Å². The number of para-hydroxylation sites is 2. The van der Waals surface area contributed by atoms with E-state index < -0.39 is 43.2 Å². The average molecular weight is 691 g/mol. The van der Waals surface area contributed by atoms with Crippen LogP contribution in [0, 0.1) is 47.3 Å². The van der Waals surface area contributed by atoms with Gasteiger partial charge in [0.05, 0.1) is 50.5 Å². The molecule has 0 saturated carbocycles. The number of methoxy groups -OCH3 is 1. The number of benzene rings is 4. The lowest BCUT2D eigenvalue weighted by molar-refractivity contribution is 0.0984. The molecular formula is C35H22N4O8S2. The molecule has 242 valence electrons. The van der Waals surface area contributed by atoms with E-state index in [-0.39, 0.29) is 60.4 Å². The van der Waals surface area contributed by atoms with Crippen molar-refractivity contribution in [2.45, 2.75) is 9.79 Å². The van der Waals surface area contributed by atoms with Crippen molar-refractivity contribution in [3.63, 3.8) is 0 Å². The minimum absolute atomic E-state index is 0.00672. The molecule has 0 atom stereocenters. The molecule has 2 heterocycles. The Bertz CT molecular complexity index is 2410. The van der Waals surface area contributed by atoms with Gasteiger partial charge in [-0.2, -0.15) is 10.5 Å². The second-order valence-corrected chi connectivity index (χ2v) is 14.3. The van der Waals surface area contributed by atoms with Crippen molar-refractivity contribution >= 4 is 42.9 Å². The van der Waals surface area contributed by atoms with Crippen molar-refractivity contribution in [1.82, 2.24) is 0 Å². The smallest absolute Gasteiger partial charge is 0.259 e. The largest absolute Gasteiger partial charge is 0.505 e. The zero-order valence-electron chi connectivity index (χ0n) is 25.4. The first-order chi connectivity index (χ1) is 23.3. The maximum Gasteiger partial charge on any atom is 0.259 e. The number of anilines is 2. The van der Waals surface area contributed by atoms with E-state index >= 15 is 0 Å². The number of carbonyl (C=O) groups excluding carboxylic acids is 2. The number of terminal acetylenes is 2. The van der Waals surface area contributed by atoms with Crippen LogP contribution in [0.25, 0.3) is 0 Å². The standard InChI is InChI=1S/C18H12N2O4S.C17H10N2O4S/c1-3-12-8-13(9-14(10-19)17(12)24-2)18(21)20-11-25(22,23)16-7-5-4-6-15(16)20;1-2-11-7-12(8-13(9-18)16(11)20)17(21)19-10-24(22,23)15-6-4-3-5-14(15)19/h1,4-9H,11H2,2H3;1,3-8,20H,10H2. The van der Waals surface area contributed by atoms with E-state index in [2.05, 4.69) is 11.8 Å². The van der Waals surface area contributed by atoms with Crippen LogP contribution in [0.15, 0.2) is 82.6 Å². The Labute approximate surface area is 281 Å². The predicted molar refractivity (Wildman–Crippen MR) is 177 cm³/mol. The van der Waals surface area contributed by atoms with Gasteiger partial charge in [0.15, 0.2) is 25.4 Å². The Kier molecular flexibility index (Phi) is 8.89. The van der Waals surface area contributed by atoms with Gasteiger partial charge in [-0.3, -0.25) is 19.4 Å². The van der Waals surface area contributed by atoms with Gasteiger partial charge >= 0.3 is 0 Å². The van der Waals surface area contributed by atoms with Gasteiger partial charge < -0.3 is 9.84 Å². The summed E-state index contributed by atoms with van der Waals surface area (Å²) in [4.78, 5) is 28.1. The van der Waals surface area contributed by atoms with E-state index in [9.17, 15) is 36.8 Å². The highest BCUT2D eigenvalue weighted by Crippen LogP contribution is 2.37. The molecule has 4 aromatic rings.